The molecule has 3 rings (SSSR count). The summed E-state index contributed by atoms with van der Waals surface area (Å²) in [6.45, 7) is 0. The third-order valence-electron chi connectivity index (χ3n) is 3.36. The molecule has 1 aromatic carbocycles. The van der Waals surface area contributed by atoms with Gasteiger partial charge in [0.15, 0.2) is 5.76 Å². The quantitative estimate of drug-likeness (QED) is 0.719. The van der Waals surface area contributed by atoms with E-state index in [2.05, 4.69) is 10.6 Å². The first-order valence-corrected chi connectivity index (χ1v) is 7.24. The van der Waals surface area contributed by atoms with Crippen molar-refractivity contribution in [1.29, 1.82) is 0 Å². The minimum Gasteiger partial charge on any atom is -0.472 e. The zero-order valence-corrected chi connectivity index (χ0v) is 13.0. The van der Waals surface area contributed by atoms with Crippen LogP contribution in [0, 0.1) is 0 Å². The number of furan rings is 2. The van der Waals surface area contributed by atoms with Gasteiger partial charge in [0, 0.05) is 5.69 Å². The summed E-state index contributed by atoms with van der Waals surface area (Å²) in [5, 5.41) is 4.48. The van der Waals surface area contributed by atoms with Gasteiger partial charge < -0.3 is 19.5 Å². The predicted molar refractivity (Wildman–Crippen MR) is 84.8 cm³/mol. The van der Waals surface area contributed by atoms with Gasteiger partial charge in [0.25, 0.3) is 11.8 Å². The van der Waals surface area contributed by atoms with Crippen LogP contribution < -0.4 is 10.6 Å². The average Bonchev–Trinajstić information content (AvgIpc) is 3.29. The summed E-state index contributed by atoms with van der Waals surface area (Å²) in [6, 6.07) is 7.19. The van der Waals surface area contributed by atoms with E-state index in [1.807, 2.05) is 0 Å². The molecule has 0 radical (unpaired) electrons. The van der Waals surface area contributed by atoms with Crippen molar-refractivity contribution in [3.63, 3.8) is 0 Å². The lowest BCUT2D eigenvalue weighted by Gasteiger charge is -2.15. The van der Waals surface area contributed by atoms with Crippen molar-refractivity contribution in [3.05, 3.63) is 72.1 Å². The van der Waals surface area contributed by atoms with Crippen molar-refractivity contribution < 1.29 is 31.6 Å². The molecule has 0 aliphatic heterocycles. The third-order valence-corrected chi connectivity index (χ3v) is 3.36. The van der Waals surface area contributed by atoms with E-state index < -0.39 is 29.2 Å². The van der Waals surface area contributed by atoms with Crippen LogP contribution in [0.4, 0.5) is 24.5 Å². The number of hydrogen-bond donors (Lipinski definition) is 2. The molecule has 2 amide bonds. The second kappa shape index (κ2) is 6.79. The molecule has 0 bridgehead atoms. The minimum absolute atomic E-state index is 0.0455. The zero-order chi connectivity index (χ0) is 18.7. The van der Waals surface area contributed by atoms with Gasteiger partial charge in [-0.3, -0.25) is 9.59 Å². The fourth-order valence-electron chi connectivity index (χ4n) is 2.15. The van der Waals surface area contributed by atoms with Gasteiger partial charge >= 0.3 is 6.18 Å². The highest BCUT2D eigenvalue weighted by atomic mass is 19.4. The fourth-order valence-corrected chi connectivity index (χ4v) is 2.15. The number of carbonyl (C=O) groups is 2. The highest BCUT2D eigenvalue weighted by Crippen LogP contribution is 2.37. The topological polar surface area (TPSA) is 84.5 Å². The summed E-state index contributed by atoms with van der Waals surface area (Å²) in [5.41, 5.74) is -1.57. The molecular weight excluding hydrogens is 353 g/mol. The smallest absolute Gasteiger partial charge is 0.418 e. The van der Waals surface area contributed by atoms with Crippen molar-refractivity contribution in [2.45, 2.75) is 6.18 Å². The van der Waals surface area contributed by atoms with E-state index in [-0.39, 0.29) is 17.0 Å². The largest absolute Gasteiger partial charge is 0.472 e. The Kier molecular flexibility index (Phi) is 4.53. The van der Waals surface area contributed by atoms with Crippen LogP contribution in [0.15, 0.2) is 64.0 Å². The predicted octanol–water partition coefficient (Wildman–Crippen LogP) is 4.40. The van der Waals surface area contributed by atoms with Gasteiger partial charge in [-0.15, -0.1) is 0 Å². The number of benzene rings is 1. The monoisotopic (exact) mass is 364 g/mol. The maximum atomic E-state index is 13.3. The lowest BCUT2D eigenvalue weighted by atomic mass is 10.1. The summed E-state index contributed by atoms with van der Waals surface area (Å²) in [4.78, 5) is 23.8. The molecule has 0 atom stereocenters. The first-order valence-electron chi connectivity index (χ1n) is 7.24. The van der Waals surface area contributed by atoms with E-state index >= 15 is 0 Å². The van der Waals surface area contributed by atoms with Gasteiger partial charge in [0.05, 0.1) is 29.3 Å². The Morgan fingerprint density at radius 2 is 1.77 bits per heavy atom. The van der Waals surface area contributed by atoms with Gasteiger partial charge in [0.2, 0.25) is 0 Å². The Morgan fingerprint density at radius 1 is 0.962 bits per heavy atom. The van der Waals surface area contributed by atoms with Crippen molar-refractivity contribution in [2.24, 2.45) is 0 Å². The van der Waals surface area contributed by atoms with Crippen LogP contribution in [0.1, 0.15) is 26.5 Å². The molecule has 0 spiro atoms. The summed E-state index contributed by atoms with van der Waals surface area (Å²) < 4.78 is 49.6. The van der Waals surface area contributed by atoms with E-state index in [9.17, 15) is 22.8 Å². The molecule has 0 saturated heterocycles. The Bertz CT molecular complexity index is 916. The first-order chi connectivity index (χ1) is 12.3. The number of alkyl halides is 3. The van der Waals surface area contributed by atoms with Crippen LogP contribution in [0.5, 0.6) is 0 Å². The lowest BCUT2D eigenvalue weighted by molar-refractivity contribution is -0.136. The van der Waals surface area contributed by atoms with E-state index in [0.717, 1.165) is 18.4 Å². The van der Waals surface area contributed by atoms with Crippen molar-refractivity contribution >= 4 is 23.2 Å². The number of hydrogen-bond acceptors (Lipinski definition) is 4. The van der Waals surface area contributed by atoms with Crippen LogP contribution in [-0.4, -0.2) is 11.8 Å². The minimum atomic E-state index is -4.75. The van der Waals surface area contributed by atoms with Crippen LogP contribution in [0.2, 0.25) is 0 Å². The molecule has 26 heavy (non-hydrogen) atoms. The van der Waals surface area contributed by atoms with Crippen molar-refractivity contribution in [3.8, 4) is 0 Å². The standard InChI is InChI=1S/C17H11F3N2O4/c18-17(19,20)12-8-11(21-16(24)14-2-1-6-26-14)3-4-13(12)22-15(23)10-5-7-25-9-10/h1-9H,(H,21,24)(H,22,23). The van der Waals surface area contributed by atoms with Crippen molar-refractivity contribution in [1.82, 2.24) is 0 Å². The maximum absolute atomic E-state index is 13.3. The van der Waals surface area contributed by atoms with Crippen LogP contribution in [0.3, 0.4) is 0 Å². The van der Waals surface area contributed by atoms with E-state index in [0.29, 0.717) is 0 Å². The van der Waals surface area contributed by atoms with Crippen LogP contribution in [-0.2, 0) is 6.18 Å². The van der Waals surface area contributed by atoms with Crippen LogP contribution >= 0.6 is 0 Å². The molecule has 0 unspecified atom stereocenters. The highest BCUT2D eigenvalue weighted by Gasteiger charge is 2.34. The molecule has 2 N–H and O–H groups in total. The summed E-state index contributed by atoms with van der Waals surface area (Å²) in [6.07, 6.45) is -1.14. The molecule has 0 saturated carbocycles. The molecule has 6 nitrogen and oxygen atoms in total. The Morgan fingerprint density at radius 3 is 2.38 bits per heavy atom. The molecule has 9 heteroatoms. The number of anilines is 2. The fraction of sp³-hybridized carbons (Fsp3) is 0.0588. The molecule has 2 aromatic heterocycles. The molecule has 3 aromatic rings. The van der Waals surface area contributed by atoms with Crippen LogP contribution in [0.25, 0.3) is 0 Å². The van der Waals surface area contributed by atoms with Gasteiger partial charge in [0.1, 0.15) is 6.26 Å². The number of rotatable bonds is 4. The molecule has 0 aliphatic rings. The summed E-state index contributed by atoms with van der Waals surface area (Å²) >= 11 is 0. The average molecular weight is 364 g/mol. The second-order valence-corrected chi connectivity index (χ2v) is 5.16. The van der Waals surface area contributed by atoms with Gasteiger partial charge in [-0.1, -0.05) is 0 Å². The van der Waals surface area contributed by atoms with Crippen molar-refractivity contribution in [2.75, 3.05) is 10.6 Å². The Labute approximate surface area is 144 Å². The third kappa shape index (κ3) is 3.77. The SMILES string of the molecule is O=C(Nc1ccc(NC(=O)c2ccco2)cc1C(F)(F)F)c1ccoc1. The normalized spacial score (nSPS) is 11.2. The maximum Gasteiger partial charge on any atom is 0.418 e. The van der Waals surface area contributed by atoms with E-state index in [4.69, 9.17) is 8.83 Å². The van der Waals surface area contributed by atoms with Gasteiger partial charge in [-0.05, 0) is 36.4 Å². The van der Waals surface area contributed by atoms with Gasteiger partial charge in [-0.2, -0.15) is 13.2 Å². The number of amides is 2. The molecule has 0 aliphatic carbocycles. The van der Waals surface area contributed by atoms with E-state index in [1.54, 1.807) is 0 Å². The Balaban J connectivity index is 1.86. The summed E-state index contributed by atoms with van der Waals surface area (Å²) in [5.74, 6) is -1.49. The molecular formula is C17H11F3N2O4. The van der Waals surface area contributed by atoms with E-state index in [1.165, 1.54) is 36.8 Å². The van der Waals surface area contributed by atoms with Gasteiger partial charge in [-0.25, -0.2) is 0 Å². The lowest BCUT2D eigenvalue weighted by Crippen LogP contribution is -2.17. The molecule has 2 heterocycles. The number of carbonyl (C=O) groups excluding carboxylic acids is 2. The zero-order valence-electron chi connectivity index (χ0n) is 13.0. The summed E-state index contributed by atoms with van der Waals surface area (Å²) in [7, 11) is 0. The molecule has 134 valence electrons. The Hall–Kier alpha value is -3.49. The second-order valence-electron chi connectivity index (χ2n) is 5.16. The number of halogens is 3. The number of nitrogens with one attached hydrogen (secondary N) is 2. The molecule has 0 fully saturated rings. The highest BCUT2D eigenvalue weighted by molar-refractivity contribution is 6.05. The first kappa shape index (κ1) is 17.3.